The van der Waals surface area contributed by atoms with Gasteiger partial charge in [0.25, 0.3) is 5.91 Å². The molecular weight excluding hydrogens is 326 g/mol. The van der Waals surface area contributed by atoms with Crippen molar-refractivity contribution in [1.29, 1.82) is 0 Å². The average Bonchev–Trinajstić information content (AvgIpc) is 2.99. The number of pyridine rings is 1. The molecule has 3 rings (SSSR count). The summed E-state index contributed by atoms with van der Waals surface area (Å²) in [5.41, 5.74) is 1.50. The Balaban J connectivity index is 1.80. The van der Waals surface area contributed by atoms with Crippen LogP contribution in [0.15, 0.2) is 48.8 Å². The summed E-state index contributed by atoms with van der Waals surface area (Å²) in [5.74, 6) is -1.61. The van der Waals surface area contributed by atoms with Gasteiger partial charge in [0.2, 0.25) is 0 Å². The predicted octanol–water partition coefficient (Wildman–Crippen LogP) is 3.34. The molecule has 3 aromatic rings. The maximum absolute atomic E-state index is 13.3. The van der Waals surface area contributed by atoms with Crippen molar-refractivity contribution >= 4 is 5.91 Å². The molecule has 1 aromatic carbocycles. The van der Waals surface area contributed by atoms with Crippen LogP contribution in [0.3, 0.4) is 0 Å². The Morgan fingerprint density at radius 2 is 2.00 bits per heavy atom. The lowest BCUT2D eigenvalue weighted by Gasteiger charge is -2.14. The molecule has 1 atom stereocenters. The zero-order valence-corrected chi connectivity index (χ0v) is 13.7. The van der Waals surface area contributed by atoms with Gasteiger partial charge in [-0.25, -0.2) is 18.4 Å². The van der Waals surface area contributed by atoms with Gasteiger partial charge < -0.3 is 5.32 Å². The molecule has 0 unspecified atom stereocenters. The number of rotatable bonds is 4. The van der Waals surface area contributed by atoms with Gasteiger partial charge in [-0.3, -0.25) is 4.79 Å². The molecule has 0 bridgehead atoms. The number of carbonyl (C=O) groups is 1. The largest absolute Gasteiger partial charge is 0.345 e. The molecule has 0 aliphatic carbocycles. The number of nitrogens with one attached hydrogen (secondary N) is 1. The molecule has 128 valence electrons. The van der Waals surface area contributed by atoms with Crippen LogP contribution in [0.2, 0.25) is 0 Å². The number of nitrogens with zero attached hydrogens (tertiary/aromatic N) is 3. The van der Waals surface area contributed by atoms with Crippen LogP contribution in [-0.2, 0) is 0 Å². The second-order valence-electron chi connectivity index (χ2n) is 5.61. The van der Waals surface area contributed by atoms with Crippen molar-refractivity contribution in [3.63, 3.8) is 0 Å². The molecule has 2 aromatic heterocycles. The lowest BCUT2D eigenvalue weighted by Crippen LogP contribution is -2.27. The van der Waals surface area contributed by atoms with Gasteiger partial charge in [-0.2, -0.15) is 5.10 Å². The highest BCUT2D eigenvalue weighted by molar-refractivity contribution is 5.95. The number of hydrogen-bond acceptors (Lipinski definition) is 3. The van der Waals surface area contributed by atoms with E-state index in [1.165, 1.54) is 12.3 Å². The highest BCUT2D eigenvalue weighted by Gasteiger charge is 2.18. The van der Waals surface area contributed by atoms with Crippen LogP contribution < -0.4 is 5.32 Å². The Morgan fingerprint density at radius 1 is 1.20 bits per heavy atom. The number of halogens is 2. The van der Waals surface area contributed by atoms with Gasteiger partial charge in [-0.1, -0.05) is 12.1 Å². The fourth-order valence-corrected chi connectivity index (χ4v) is 2.48. The van der Waals surface area contributed by atoms with Crippen molar-refractivity contribution in [3.8, 4) is 5.82 Å². The lowest BCUT2D eigenvalue weighted by atomic mass is 10.1. The van der Waals surface area contributed by atoms with Crippen molar-refractivity contribution in [3.05, 3.63) is 77.2 Å². The maximum atomic E-state index is 13.3. The van der Waals surface area contributed by atoms with Gasteiger partial charge >= 0.3 is 0 Å². The zero-order chi connectivity index (χ0) is 18.0. The van der Waals surface area contributed by atoms with Gasteiger partial charge in [0.1, 0.15) is 0 Å². The minimum atomic E-state index is -0.947. The summed E-state index contributed by atoms with van der Waals surface area (Å²) in [7, 11) is 0. The summed E-state index contributed by atoms with van der Waals surface area (Å²) in [6.07, 6.45) is 3.10. The Bertz CT molecular complexity index is 909. The minimum Gasteiger partial charge on any atom is -0.345 e. The number of amides is 1. The first-order valence-electron chi connectivity index (χ1n) is 7.69. The van der Waals surface area contributed by atoms with E-state index in [2.05, 4.69) is 15.4 Å². The third-order valence-corrected chi connectivity index (χ3v) is 3.91. The van der Waals surface area contributed by atoms with Crippen molar-refractivity contribution in [2.75, 3.05) is 0 Å². The van der Waals surface area contributed by atoms with E-state index in [1.807, 2.05) is 6.07 Å². The van der Waals surface area contributed by atoms with Gasteiger partial charge in [0, 0.05) is 6.20 Å². The second-order valence-corrected chi connectivity index (χ2v) is 5.61. The van der Waals surface area contributed by atoms with Gasteiger partial charge in [-0.15, -0.1) is 0 Å². The molecule has 0 saturated carbocycles. The van der Waals surface area contributed by atoms with Crippen LogP contribution in [0.25, 0.3) is 5.82 Å². The Labute approximate surface area is 143 Å². The summed E-state index contributed by atoms with van der Waals surface area (Å²) in [4.78, 5) is 16.7. The molecule has 0 spiro atoms. The molecule has 1 amide bonds. The van der Waals surface area contributed by atoms with E-state index in [0.29, 0.717) is 22.6 Å². The second kappa shape index (κ2) is 6.80. The van der Waals surface area contributed by atoms with E-state index < -0.39 is 17.7 Å². The summed E-state index contributed by atoms with van der Waals surface area (Å²) >= 11 is 0. The van der Waals surface area contributed by atoms with E-state index in [1.54, 1.807) is 36.9 Å². The van der Waals surface area contributed by atoms with E-state index in [0.717, 1.165) is 12.1 Å². The van der Waals surface area contributed by atoms with Crippen LogP contribution in [0, 0.1) is 18.6 Å². The van der Waals surface area contributed by atoms with Crippen molar-refractivity contribution < 1.29 is 13.6 Å². The van der Waals surface area contributed by atoms with Crippen molar-refractivity contribution in [2.24, 2.45) is 0 Å². The molecule has 0 aliphatic rings. The normalized spacial score (nSPS) is 12.0. The Kier molecular flexibility index (Phi) is 4.56. The summed E-state index contributed by atoms with van der Waals surface area (Å²) in [5, 5.41) is 6.96. The van der Waals surface area contributed by atoms with Crippen LogP contribution in [0.5, 0.6) is 0 Å². The Hall–Kier alpha value is -3.09. The molecule has 7 heteroatoms. The van der Waals surface area contributed by atoms with Crippen LogP contribution in [0.4, 0.5) is 8.78 Å². The third-order valence-electron chi connectivity index (χ3n) is 3.91. The van der Waals surface area contributed by atoms with Gasteiger partial charge in [0.15, 0.2) is 17.5 Å². The number of benzene rings is 1. The highest BCUT2D eigenvalue weighted by Crippen LogP contribution is 2.18. The number of aromatic nitrogens is 3. The minimum absolute atomic E-state index is 0.350. The fraction of sp³-hybridized carbons (Fsp3) is 0.167. The first-order valence-corrected chi connectivity index (χ1v) is 7.69. The maximum Gasteiger partial charge on any atom is 0.255 e. The molecule has 0 saturated heterocycles. The molecular formula is C18H16F2N4O. The molecule has 1 N–H and O–H groups in total. The van der Waals surface area contributed by atoms with E-state index in [4.69, 9.17) is 0 Å². The average molecular weight is 342 g/mol. The fourth-order valence-electron chi connectivity index (χ4n) is 2.48. The Morgan fingerprint density at radius 3 is 2.68 bits per heavy atom. The first-order chi connectivity index (χ1) is 12.0. The van der Waals surface area contributed by atoms with Crippen molar-refractivity contribution in [1.82, 2.24) is 20.1 Å². The monoisotopic (exact) mass is 342 g/mol. The van der Waals surface area contributed by atoms with Gasteiger partial charge in [0.05, 0.1) is 23.5 Å². The summed E-state index contributed by atoms with van der Waals surface area (Å²) in [6.45, 7) is 3.46. The molecule has 5 nitrogen and oxygen atoms in total. The molecule has 25 heavy (non-hydrogen) atoms. The summed E-state index contributed by atoms with van der Waals surface area (Å²) < 4.78 is 27.9. The summed E-state index contributed by atoms with van der Waals surface area (Å²) in [6, 6.07) is 8.47. The first kappa shape index (κ1) is 16.8. The van der Waals surface area contributed by atoms with Crippen LogP contribution in [-0.4, -0.2) is 20.7 Å². The highest BCUT2D eigenvalue weighted by atomic mass is 19.2. The SMILES string of the molecule is Cc1c(C(=O)N[C@@H](C)c2ccc(F)c(F)c2)cnn1-c1ccccn1. The third kappa shape index (κ3) is 3.40. The number of carbonyl (C=O) groups excluding carboxylic acids is 1. The van der Waals surface area contributed by atoms with E-state index in [9.17, 15) is 13.6 Å². The molecule has 2 heterocycles. The molecule has 0 fully saturated rings. The topological polar surface area (TPSA) is 59.8 Å². The standard InChI is InChI=1S/C18H16F2N4O/c1-11(13-6-7-15(19)16(20)9-13)23-18(25)14-10-22-24(12(14)2)17-5-3-4-8-21-17/h3-11H,1-2H3,(H,23,25)/t11-/m0/s1. The van der Waals surface area contributed by atoms with E-state index in [-0.39, 0.29) is 5.91 Å². The lowest BCUT2D eigenvalue weighted by molar-refractivity contribution is 0.0939. The molecule has 0 radical (unpaired) electrons. The number of hydrogen-bond donors (Lipinski definition) is 1. The quantitative estimate of drug-likeness (QED) is 0.791. The zero-order valence-electron chi connectivity index (χ0n) is 13.7. The van der Waals surface area contributed by atoms with E-state index >= 15 is 0 Å². The smallest absolute Gasteiger partial charge is 0.255 e. The van der Waals surface area contributed by atoms with Crippen LogP contribution in [0.1, 0.15) is 34.6 Å². The van der Waals surface area contributed by atoms with Gasteiger partial charge in [-0.05, 0) is 43.7 Å². The van der Waals surface area contributed by atoms with Crippen molar-refractivity contribution in [2.45, 2.75) is 19.9 Å². The molecule has 0 aliphatic heterocycles. The predicted molar refractivity (Wildman–Crippen MR) is 88.3 cm³/mol. The van der Waals surface area contributed by atoms with Crippen LogP contribution >= 0.6 is 0 Å².